The lowest BCUT2D eigenvalue weighted by atomic mass is 10.2. The summed E-state index contributed by atoms with van der Waals surface area (Å²) in [6.45, 7) is 1.71. The number of nitrogens with one attached hydrogen (secondary N) is 1. The third-order valence-electron chi connectivity index (χ3n) is 4.62. The van der Waals surface area contributed by atoms with E-state index in [9.17, 15) is 22.8 Å². The number of alkyl halides is 3. The summed E-state index contributed by atoms with van der Waals surface area (Å²) >= 11 is 5.80. The van der Waals surface area contributed by atoms with Gasteiger partial charge in [-0.2, -0.15) is 23.4 Å². The molecular weight excluding hydrogens is 447 g/mol. The molecule has 1 aromatic heterocycles. The Morgan fingerprint density at radius 1 is 1.12 bits per heavy atom. The molecule has 0 unspecified atom stereocenters. The molecule has 0 aliphatic carbocycles. The number of rotatable bonds is 4. The Morgan fingerprint density at radius 3 is 2.47 bits per heavy atom. The van der Waals surface area contributed by atoms with Gasteiger partial charge in [0.15, 0.2) is 5.69 Å². The molecule has 7 nitrogen and oxygen atoms in total. The first kappa shape index (κ1) is 21.6. The van der Waals surface area contributed by atoms with Crippen molar-refractivity contribution in [2.45, 2.75) is 19.5 Å². The molecule has 3 aromatic rings. The highest BCUT2D eigenvalue weighted by Crippen LogP contribution is 2.34. The summed E-state index contributed by atoms with van der Waals surface area (Å²) in [5, 5.41) is 11.9. The maximum Gasteiger partial charge on any atom is 0.434 e. The number of aromatic nitrogens is 2. The second kappa shape index (κ2) is 8.12. The van der Waals surface area contributed by atoms with E-state index >= 15 is 0 Å². The Hall–Kier alpha value is -3.66. The zero-order valence-corrected chi connectivity index (χ0v) is 17.3. The second-order valence-electron chi connectivity index (χ2n) is 7.01. The molecule has 2 aromatic carbocycles. The van der Waals surface area contributed by atoms with E-state index in [1.807, 2.05) is 0 Å². The smallest absolute Gasteiger partial charge is 0.322 e. The number of benzene rings is 2. The van der Waals surface area contributed by atoms with Crippen LogP contribution < -0.4 is 10.3 Å². The average Bonchev–Trinajstić information content (AvgIpc) is 3.32. The van der Waals surface area contributed by atoms with Gasteiger partial charge in [-0.1, -0.05) is 17.7 Å². The lowest BCUT2D eigenvalue weighted by Crippen LogP contribution is -2.21. The molecule has 0 atom stereocenters. The number of carbonyl (C=O) groups excluding carboxylic acids is 2. The molecule has 11 heteroatoms. The summed E-state index contributed by atoms with van der Waals surface area (Å²) in [6, 6.07) is 11.7. The number of halogens is 4. The Bertz CT molecular complexity index is 1230. The van der Waals surface area contributed by atoms with Gasteiger partial charge in [-0.3, -0.25) is 9.59 Å². The highest BCUT2D eigenvalue weighted by atomic mass is 35.5. The molecule has 4 rings (SSSR count). The highest BCUT2D eigenvalue weighted by Gasteiger charge is 2.40. The molecule has 0 spiro atoms. The van der Waals surface area contributed by atoms with Crippen LogP contribution in [0.25, 0.3) is 5.69 Å². The summed E-state index contributed by atoms with van der Waals surface area (Å²) in [6.07, 6.45) is -3.82. The number of carbonyl (C=O) groups is 2. The Balaban J connectivity index is 1.65. The summed E-state index contributed by atoms with van der Waals surface area (Å²) in [5.41, 5.74) is -0.546. The van der Waals surface area contributed by atoms with Gasteiger partial charge in [-0.15, -0.1) is 0 Å². The van der Waals surface area contributed by atoms with Gasteiger partial charge in [0.2, 0.25) is 0 Å². The van der Waals surface area contributed by atoms with Crippen molar-refractivity contribution in [2.75, 3.05) is 10.3 Å². The van der Waals surface area contributed by atoms with Crippen LogP contribution in [0.1, 0.15) is 29.4 Å². The number of amides is 2. The maximum absolute atomic E-state index is 13.8. The minimum atomic E-state index is -4.85. The fourth-order valence-electron chi connectivity index (χ4n) is 3.24. The molecule has 0 radical (unpaired) electrons. The predicted octanol–water partition coefficient (Wildman–Crippen LogP) is 4.91. The van der Waals surface area contributed by atoms with Crippen LogP contribution in [0.4, 0.5) is 24.5 Å². The van der Waals surface area contributed by atoms with E-state index in [0.717, 1.165) is 6.20 Å². The number of hydrogen-bond acceptors (Lipinski definition) is 4. The molecule has 1 aliphatic rings. The van der Waals surface area contributed by atoms with Crippen molar-refractivity contribution < 1.29 is 22.8 Å². The predicted molar refractivity (Wildman–Crippen MR) is 113 cm³/mol. The number of hydrogen-bond donors (Lipinski definition) is 1. The van der Waals surface area contributed by atoms with Gasteiger partial charge in [-0.25, -0.2) is 9.69 Å². The van der Waals surface area contributed by atoms with Gasteiger partial charge < -0.3 is 5.32 Å². The van der Waals surface area contributed by atoms with Crippen LogP contribution in [0, 0.1) is 0 Å². The van der Waals surface area contributed by atoms with Crippen LogP contribution in [-0.4, -0.2) is 27.3 Å². The minimum absolute atomic E-state index is 0.101. The van der Waals surface area contributed by atoms with Crippen molar-refractivity contribution in [1.29, 1.82) is 0 Å². The van der Waals surface area contributed by atoms with E-state index in [-0.39, 0.29) is 23.7 Å². The van der Waals surface area contributed by atoms with Gasteiger partial charge in [0.05, 0.1) is 29.6 Å². The van der Waals surface area contributed by atoms with E-state index < -0.39 is 23.3 Å². The first-order valence-electron chi connectivity index (χ1n) is 9.33. The SMILES string of the molecule is CC1=NN(c2cccc(NC(=O)c3cnn(-c4ccc(Cl)cc4)c3C(F)(F)F)c2)C(=O)C1. The number of hydrazone groups is 1. The Morgan fingerprint density at radius 2 is 1.84 bits per heavy atom. The van der Waals surface area contributed by atoms with Crippen molar-refractivity contribution in [3.8, 4) is 5.69 Å². The molecular formula is C21H15ClF3N5O2. The summed E-state index contributed by atoms with van der Waals surface area (Å²) in [7, 11) is 0. The zero-order chi connectivity index (χ0) is 23.0. The first-order valence-corrected chi connectivity index (χ1v) is 9.71. The molecule has 2 heterocycles. The van der Waals surface area contributed by atoms with Gasteiger partial charge in [0.1, 0.15) is 0 Å². The van der Waals surface area contributed by atoms with Crippen LogP contribution in [0.3, 0.4) is 0 Å². The highest BCUT2D eigenvalue weighted by molar-refractivity contribution is 6.30. The normalized spacial score (nSPS) is 14.0. The fraction of sp³-hybridized carbons (Fsp3) is 0.143. The van der Waals surface area contributed by atoms with Gasteiger partial charge in [0.25, 0.3) is 11.8 Å². The number of anilines is 2. The van der Waals surface area contributed by atoms with E-state index in [2.05, 4.69) is 15.5 Å². The third-order valence-corrected chi connectivity index (χ3v) is 4.87. The van der Waals surface area contributed by atoms with Crippen LogP contribution in [0.5, 0.6) is 0 Å². The maximum atomic E-state index is 13.8. The van der Waals surface area contributed by atoms with Crippen LogP contribution in [-0.2, 0) is 11.0 Å². The van der Waals surface area contributed by atoms with Gasteiger partial charge in [-0.05, 0) is 49.4 Å². The molecule has 0 bridgehead atoms. The van der Waals surface area contributed by atoms with Crippen molar-refractivity contribution in [3.05, 3.63) is 71.0 Å². The Labute approximate surface area is 185 Å². The molecule has 1 aliphatic heterocycles. The molecule has 32 heavy (non-hydrogen) atoms. The van der Waals surface area contributed by atoms with E-state index in [1.54, 1.807) is 19.1 Å². The van der Waals surface area contributed by atoms with Gasteiger partial charge >= 0.3 is 6.18 Å². The summed E-state index contributed by atoms with van der Waals surface area (Å²) in [5.74, 6) is -1.24. The summed E-state index contributed by atoms with van der Waals surface area (Å²) < 4.78 is 42.1. The quantitative estimate of drug-likeness (QED) is 0.599. The van der Waals surface area contributed by atoms with Crippen molar-refractivity contribution in [3.63, 3.8) is 0 Å². The first-order chi connectivity index (χ1) is 15.1. The lowest BCUT2D eigenvalue weighted by molar-refractivity contribution is -0.143. The summed E-state index contributed by atoms with van der Waals surface area (Å²) in [4.78, 5) is 24.8. The van der Waals surface area contributed by atoms with E-state index in [4.69, 9.17) is 11.6 Å². The zero-order valence-electron chi connectivity index (χ0n) is 16.5. The topological polar surface area (TPSA) is 79.6 Å². The third kappa shape index (κ3) is 4.22. The minimum Gasteiger partial charge on any atom is -0.322 e. The van der Waals surface area contributed by atoms with Gasteiger partial charge in [0, 0.05) is 16.4 Å². The molecule has 0 fully saturated rings. The monoisotopic (exact) mass is 461 g/mol. The molecule has 1 N–H and O–H groups in total. The molecule has 0 saturated carbocycles. The fourth-order valence-corrected chi connectivity index (χ4v) is 3.36. The largest absolute Gasteiger partial charge is 0.434 e. The van der Waals surface area contributed by atoms with E-state index in [1.165, 1.54) is 41.4 Å². The van der Waals surface area contributed by atoms with Crippen LogP contribution >= 0.6 is 11.6 Å². The lowest BCUT2D eigenvalue weighted by Gasteiger charge is -2.14. The van der Waals surface area contributed by atoms with Crippen molar-refractivity contribution >= 4 is 40.5 Å². The molecule has 2 amide bonds. The second-order valence-corrected chi connectivity index (χ2v) is 7.45. The molecule has 0 saturated heterocycles. The van der Waals surface area contributed by atoms with Crippen molar-refractivity contribution in [1.82, 2.24) is 9.78 Å². The average molecular weight is 462 g/mol. The number of nitrogens with zero attached hydrogens (tertiary/aromatic N) is 4. The van der Waals surface area contributed by atoms with Crippen LogP contribution in [0.15, 0.2) is 59.8 Å². The van der Waals surface area contributed by atoms with E-state index in [0.29, 0.717) is 21.1 Å². The molecule has 164 valence electrons. The van der Waals surface area contributed by atoms with Crippen LogP contribution in [0.2, 0.25) is 5.02 Å². The Kier molecular flexibility index (Phi) is 5.47. The standard InChI is InChI=1S/C21H15ClF3N5O2/c1-12-9-18(31)29(28-12)16-4-2-3-14(10-16)27-20(32)17-11-26-30(19(17)21(23,24)25)15-7-5-13(22)6-8-15/h2-8,10-11H,9H2,1H3,(H,27,32). The van der Waals surface area contributed by atoms with Crippen molar-refractivity contribution in [2.24, 2.45) is 5.10 Å².